The molecule has 1 fully saturated rings. The summed E-state index contributed by atoms with van der Waals surface area (Å²) in [6.45, 7) is 2.28. The third-order valence-electron chi connectivity index (χ3n) is 3.45. The second-order valence-corrected chi connectivity index (χ2v) is 4.47. The number of anilines is 2. The molecule has 4 nitrogen and oxygen atoms in total. The second-order valence-electron chi connectivity index (χ2n) is 4.47. The van der Waals surface area contributed by atoms with Gasteiger partial charge < -0.3 is 11.1 Å². The van der Waals surface area contributed by atoms with Crippen molar-refractivity contribution in [2.45, 2.75) is 45.1 Å². The smallest absolute Gasteiger partial charge is 0.142 e. The Morgan fingerprint density at radius 1 is 1.47 bits per heavy atom. The topological polar surface area (TPSA) is 66.7 Å². The van der Waals surface area contributed by atoms with E-state index in [2.05, 4.69) is 22.4 Å². The maximum absolute atomic E-state index is 5.73. The number of hydrogen-bond donors (Lipinski definition) is 3. The molecule has 1 aromatic rings. The largest absolute Gasteiger partial charge is 0.382 e. The first-order valence-electron chi connectivity index (χ1n) is 5.85. The zero-order chi connectivity index (χ0) is 10.7. The maximum Gasteiger partial charge on any atom is 0.142 e. The summed E-state index contributed by atoms with van der Waals surface area (Å²) >= 11 is 0. The molecule has 0 saturated heterocycles. The van der Waals surface area contributed by atoms with Crippen molar-refractivity contribution in [1.82, 2.24) is 10.2 Å². The van der Waals surface area contributed by atoms with Gasteiger partial charge in [-0.15, -0.1) is 0 Å². The Bertz CT molecular complexity index is 299. The lowest BCUT2D eigenvalue weighted by atomic mass is 9.84. The molecule has 84 valence electrons. The van der Waals surface area contributed by atoms with E-state index in [1.165, 1.54) is 32.1 Å². The molecule has 4 N–H and O–H groups in total. The van der Waals surface area contributed by atoms with E-state index in [1.54, 1.807) is 6.20 Å². The zero-order valence-corrected chi connectivity index (χ0v) is 9.29. The van der Waals surface area contributed by atoms with Crippen LogP contribution >= 0.6 is 0 Å². The number of rotatable bonds is 3. The van der Waals surface area contributed by atoms with Crippen molar-refractivity contribution in [2.75, 3.05) is 11.1 Å². The van der Waals surface area contributed by atoms with Gasteiger partial charge in [-0.2, -0.15) is 5.10 Å². The molecule has 0 bridgehead atoms. The van der Waals surface area contributed by atoms with Crippen LogP contribution in [0.3, 0.4) is 0 Å². The molecule has 1 heterocycles. The average Bonchev–Trinajstić information content (AvgIpc) is 2.66. The zero-order valence-electron chi connectivity index (χ0n) is 9.29. The lowest BCUT2D eigenvalue weighted by Crippen LogP contribution is -2.26. The Kier molecular flexibility index (Phi) is 3.14. The van der Waals surface area contributed by atoms with E-state index in [0.29, 0.717) is 11.9 Å². The van der Waals surface area contributed by atoms with Crippen molar-refractivity contribution in [3.05, 3.63) is 6.20 Å². The molecule has 0 spiro atoms. The fraction of sp³-hybridized carbons (Fsp3) is 0.727. The number of aromatic nitrogens is 2. The highest BCUT2D eigenvalue weighted by molar-refractivity contribution is 5.60. The Morgan fingerprint density at radius 2 is 2.20 bits per heavy atom. The lowest BCUT2D eigenvalue weighted by Gasteiger charge is -2.28. The highest BCUT2D eigenvalue weighted by Crippen LogP contribution is 2.29. The van der Waals surface area contributed by atoms with Gasteiger partial charge in [0.05, 0.1) is 11.9 Å². The lowest BCUT2D eigenvalue weighted by molar-refractivity contribution is 0.330. The molecule has 0 aliphatic heterocycles. The third kappa shape index (κ3) is 2.43. The minimum atomic E-state index is 0.577. The normalized spacial score (nSPS) is 26.5. The van der Waals surface area contributed by atoms with Crippen LogP contribution in [0.25, 0.3) is 0 Å². The average molecular weight is 208 g/mol. The Hall–Kier alpha value is -1.19. The van der Waals surface area contributed by atoms with Crippen molar-refractivity contribution in [3.63, 3.8) is 0 Å². The van der Waals surface area contributed by atoms with Gasteiger partial charge in [0, 0.05) is 6.04 Å². The number of nitrogen functional groups attached to an aromatic ring is 1. The number of nitrogens with zero attached hydrogens (tertiary/aromatic N) is 1. The third-order valence-corrected chi connectivity index (χ3v) is 3.45. The van der Waals surface area contributed by atoms with Crippen LogP contribution in [-0.2, 0) is 0 Å². The first-order chi connectivity index (χ1) is 7.29. The molecule has 0 unspecified atom stereocenters. The number of hydrogen-bond acceptors (Lipinski definition) is 3. The molecule has 0 radical (unpaired) electrons. The Balaban J connectivity index is 1.85. The summed E-state index contributed by atoms with van der Waals surface area (Å²) in [6.07, 6.45) is 8.27. The van der Waals surface area contributed by atoms with Gasteiger partial charge in [-0.25, -0.2) is 0 Å². The minimum absolute atomic E-state index is 0.577. The molecule has 1 aromatic heterocycles. The Labute approximate surface area is 90.6 Å². The fourth-order valence-corrected chi connectivity index (χ4v) is 2.35. The molecule has 1 saturated carbocycles. The molecule has 0 atom stereocenters. The van der Waals surface area contributed by atoms with Crippen LogP contribution in [-0.4, -0.2) is 16.2 Å². The van der Waals surface area contributed by atoms with Crippen molar-refractivity contribution >= 4 is 11.5 Å². The summed E-state index contributed by atoms with van der Waals surface area (Å²) in [5.74, 6) is 1.58. The van der Waals surface area contributed by atoms with Gasteiger partial charge in [-0.3, -0.25) is 5.10 Å². The molecular formula is C11H20N4. The summed E-state index contributed by atoms with van der Waals surface area (Å²) in [4.78, 5) is 0. The fourth-order valence-electron chi connectivity index (χ4n) is 2.35. The maximum atomic E-state index is 5.73. The number of aromatic amines is 1. The van der Waals surface area contributed by atoms with E-state index in [-0.39, 0.29) is 0 Å². The van der Waals surface area contributed by atoms with Crippen molar-refractivity contribution in [3.8, 4) is 0 Å². The summed E-state index contributed by atoms with van der Waals surface area (Å²) in [5, 5.41) is 10.1. The first-order valence-corrected chi connectivity index (χ1v) is 5.85. The molecule has 15 heavy (non-hydrogen) atoms. The van der Waals surface area contributed by atoms with Gasteiger partial charge in [0.25, 0.3) is 0 Å². The van der Waals surface area contributed by atoms with E-state index >= 15 is 0 Å². The van der Waals surface area contributed by atoms with E-state index in [4.69, 9.17) is 5.73 Å². The SMILES string of the molecule is CCC1CCC(Nc2cn[nH]c2N)CC1. The van der Waals surface area contributed by atoms with Crippen LogP contribution < -0.4 is 11.1 Å². The standard InChI is InChI=1S/C11H20N4/c1-2-8-3-5-9(6-4-8)14-10-7-13-15-11(10)12/h7-9,14H,2-6H2,1H3,(H3,12,13,15). The van der Waals surface area contributed by atoms with Crippen molar-refractivity contribution in [1.29, 1.82) is 0 Å². The van der Waals surface area contributed by atoms with Gasteiger partial charge in [0.2, 0.25) is 0 Å². The van der Waals surface area contributed by atoms with Gasteiger partial charge >= 0.3 is 0 Å². The quantitative estimate of drug-likeness (QED) is 0.714. The Morgan fingerprint density at radius 3 is 2.73 bits per heavy atom. The monoisotopic (exact) mass is 208 g/mol. The summed E-state index contributed by atoms with van der Waals surface area (Å²) in [7, 11) is 0. The summed E-state index contributed by atoms with van der Waals surface area (Å²) in [6, 6.07) is 0.577. The second kappa shape index (κ2) is 4.55. The number of H-pyrrole nitrogens is 1. The van der Waals surface area contributed by atoms with Crippen LogP contribution in [0.4, 0.5) is 11.5 Å². The van der Waals surface area contributed by atoms with Crippen LogP contribution in [0.1, 0.15) is 39.0 Å². The van der Waals surface area contributed by atoms with Crippen LogP contribution in [0, 0.1) is 5.92 Å². The number of nitrogens with one attached hydrogen (secondary N) is 2. The first kappa shape index (κ1) is 10.3. The molecule has 0 aromatic carbocycles. The minimum Gasteiger partial charge on any atom is -0.382 e. The van der Waals surface area contributed by atoms with Crippen LogP contribution in [0.15, 0.2) is 6.20 Å². The van der Waals surface area contributed by atoms with Crippen molar-refractivity contribution in [2.24, 2.45) is 5.92 Å². The molecule has 1 aliphatic rings. The van der Waals surface area contributed by atoms with Gasteiger partial charge in [0.1, 0.15) is 5.82 Å². The molecule has 1 aliphatic carbocycles. The van der Waals surface area contributed by atoms with Gasteiger partial charge in [-0.1, -0.05) is 13.3 Å². The molecule has 4 heteroatoms. The summed E-state index contributed by atoms with van der Waals surface area (Å²) in [5.41, 5.74) is 6.68. The number of nitrogens with two attached hydrogens (primary N) is 1. The molecular weight excluding hydrogens is 188 g/mol. The van der Waals surface area contributed by atoms with E-state index < -0.39 is 0 Å². The predicted octanol–water partition coefficient (Wildman–Crippen LogP) is 2.37. The predicted molar refractivity (Wildman–Crippen MR) is 62.7 cm³/mol. The van der Waals surface area contributed by atoms with Gasteiger partial charge in [-0.05, 0) is 31.6 Å². The van der Waals surface area contributed by atoms with Crippen molar-refractivity contribution < 1.29 is 0 Å². The van der Waals surface area contributed by atoms with E-state index in [9.17, 15) is 0 Å². The van der Waals surface area contributed by atoms with E-state index in [1.807, 2.05) is 0 Å². The molecule has 2 rings (SSSR count). The highest BCUT2D eigenvalue weighted by atomic mass is 15.2. The van der Waals surface area contributed by atoms with Crippen LogP contribution in [0.2, 0.25) is 0 Å². The summed E-state index contributed by atoms with van der Waals surface area (Å²) < 4.78 is 0. The highest BCUT2D eigenvalue weighted by Gasteiger charge is 2.20. The van der Waals surface area contributed by atoms with Gasteiger partial charge in [0.15, 0.2) is 0 Å². The molecule has 0 amide bonds. The van der Waals surface area contributed by atoms with Crippen LogP contribution in [0.5, 0.6) is 0 Å². The van der Waals surface area contributed by atoms with E-state index in [0.717, 1.165) is 11.6 Å².